The summed E-state index contributed by atoms with van der Waals surface area (Å²) in [6, 6.07) is 5.55. The number of esters is 1. The van der Waals surface area contributed by atoms with Gasteiger partial charge in [-0.3, -0.25) is 4.90 Å². The summed E-state index contributed by atoms with van der Waals surface area (Å²) in [5.74, 6) is 0.965. The number of nitrogens with zero attached hydrogens (tertiary/aromatic N) is 2. The number of hydrogen-bond acceptors (Lipinski definition) is 6. The number of benzene rings is 1. The summed E-state index contributed by atoms with van der Waals surface area (Å²) in [6.07, 6.45) is 3.92. The SMILES string of the molecule is CC.COC(=O)c1cc2cc(OCCN3CCC4(CCN(C)CC4)C3)c(OC)cc2[nH]1. The molecule has 2 saturated heterocycles. The van der Waals surface area contributed by atoms with E-state index in [-0.39, 0.29) is 5.97 Å². The van der Waals surface area contributed by atoms with Crippen molar-refractivity contribution in [2.75, 3.05) is 60.6 Å². The van der Waals surface area contributed by atoms with Crippen LogP contribution < -0.4 is 9.47 Å². The van der Waals surface area contributed by atoms with Gasteiger partial charge in [0.15, 0.2) is 11.5 Å². The Balaban J connectivity index is 0.00000132. The molecule has 1 N–H and O–H groups in total. The first kappa shape index (κ1) is 23.4. The lowest BCUT2D eigenvalue weighted by atomic mass is 9.78. The number of fused-ring (bicyclic) bond motifs is 1. The minimum atomic E-state index is -0.389. The van der Waals surface area contributed by atoms with Crippen LogP contribution in [0.4, 0.5) is 0 Å². The number of ether oxygens (including phenoxy) is 3. The second-order valence-electron chi connectivity index (χ2n) is 8.44. The fourth-order valence-corrected chi connectivity index (χ4v) is 4.64. The van der Waals surface area contributed by atoms with Crippen LogP contribution in [0.3, 0.4) is 0 Å². The van der Waals surface area contributed by atoms with Crippen LogP contribution in [0.25, 0.3) is 10.9 Å². The predicted octanol–water partition coefficient (Wildman–Crippen LogP) is 3.79. The lowest BCUT2D eigenvalue weighted by molar-refractivity contribution is 0.0595. The van der Waals surface area contributed by atoms with Gasteiger partial charge >= 0.3 is 5.97 Å². The molecule has 2 aliphatic heterocycles. The van der Waals surface area contributed by atoms with Gasteiger partial charge in [-0.1, -0.05) is 13.8 Å². The van der Waals surface area contributed by atoms with Crippen LogP contribution >= 0.6 is 0 Å². The molecule has 0 unspecified atom stereocenters. The molecule has 2 aliphatic rings. The fourth-order valence-electron chi connectivity index (χ4n) is 4.64. The van der Waals surface area contributed by atoms with E-state index < -0.39 is 0 Å². The second kappa shape index (κ2) is 10.4. The maximum atomic E-state index is 11.8. The lowest BCUT2D eigenvalue weighted by Crippen LogP contribution is -2.40. The first-order chi connectivity index (χ1) is 15.0. The zero-order valence-corrected chi connectivity index (χ0v) is 19.6. The Morgan fingerprint density at radius 2 is 1.77 bits per heavy atom. The Labute approximate surface area is 185 Å². The van der Waals surface area contributed by atoms with Crippen LogP contribution in [-0.2, 0) is 4.74 Å². The molecule has 1 spiro atoms. The summed E-state index contributed by atoms with van der Waals surface area (Å²) < 4.78 is 16.4. The number of aromatic nitrogens is 1. The number of methoxy groups -OCH3 is 2. The van der Waals surface area contributed by atoms with Gasteiger partial charge in [0.2, 0.25) is 0 Å². The summed E-state index contributed by atoms with van der Waals surface area (Å²) in [4.78, 5) is 19.8. The highest BCUT2D eigenvalue weighted by molar-refractivity contribution is 5.95. The number of nitrogens with one attached hydrogen (secondary N) is 1. The van der Waals surface area contributed by atoms with E-state index in [1.54, 1.807) is 13.2 Å². The maximum Gasteiger partial charge on any atom is 0.354 e. The molecule has 0 aliphatic carbocycles. The molecule has 7 heteroatoms. The van der Waals surface area contributed by atoms with Gasteiger partial charge in [0.1, 0.15) is 12.3 Å². The van der Waals surface area contributed by atoms with Gasteiger partial charge in [-0.15, -0.1) is 0 Å². The minimum absolute atomic E-state index is 0.389. The Morgan fingerprint density at radius 3 is 2.45 bits per heavy atom. The van der Waals surface area contributed by atoms with Crippen molar-refractivity contribution in [3.8, 4) is 11.5 Å². The van der Waals surface area contributed by atoms with Crippen molar-refractivity contribution in [1.82, 2.24) is 14.8 Å². The van der Waals surface area contributed by atoms with Gasteiger partial charge in [-0.25, -0.2) is 4.79 Å². The predicted molar refractivity (Wildman–Crippen MR) is 123 cm³/mol. The van der Waals surface area contributed by atoms with Crippen LogP contribution in [0.15, 0.2) is 18.2 Å². The monoisotopic (exact) mass is 431 g/mol. The Morgan fingerprint density at radius 1 is 1.06 bits per heavy atom. The minimum Gasteiger partial charge on any atom is -0.493 e. The van der Waals surface area contributed by atoms with E-state index in [1.165, 1.54) is 46.0 Å². The molecule has 172 valence electrons. The molecular formula is C24H37N3O4. The van der Waals surface area contributed by atoms with Crippen molar-refractivity contribution in [2.45, 2.75) is 33.1 Å². The van der Waals surface area contributed by atoms with Crippen LogP contribution in [-0.4, -0.2) is 81.4 Å². The first-order valence-corrected chi connectivity index (χ1v) is 11.3. The highest BCUT2D eigenvalue weighted by Crippen LogP contribution is 2.40. The average Bonchev–Trinajstić information content (AvgIpc) is 3.40. The summed E-state index contributed by atoms with van der Waals surface area (Å²) in [6.45, 7) is 10.3. The van der Waals surface area contributed by atoms with E-state index in [4.69, 9.17) is 14.2 Å². The molecule has 2 aromatic rings. The molecule has 0 radical (unpaired) electrons. The van der Waals surface area contributed by atoms with Crippen LogP contribution in [0.1, 0.15) is 43.6 Å². The molecule has 1 aromatic carbocycles. The quantitative estimate of drug-likeness (QED) is 0.702. The number of piperidine rings is 1. The van der Waals surface area contributed by atoms with Crippen molar-refractivity contribution in [2.24, 2.45) is 5.41 Å². The van der Waals surface area contributed by atoms with E-state index in [2.05, 4.69) is 21.8 Å². The first-order valence-electron chi connectivity index (χ1n) is 11.3. The van der Waals surface area contributed by atoms with Gasteiger partial charge in [0, 0.05) is 24.5 Å². The number of rotatable bonds is 6. The average molecular weight is 432 g/mol. The zero-order valence-electron chi connectivity index (χ0n) is 19.6. The van der Waals surface area contributed by atoms with E-state index in [0.29, 0.717) is 29.2 Å². The topological polar surface area (TPSA) is 67.0 Å². The highest BCUT2D eigenvalue weighted by atomic mass is 16.5. The molecule has 4 rings (SSSR count). The molecule has 1 aromatic heterocycles. The van der Waals surface area contributed by atoms with Gasteiger partial charge in [0.05, 0.1) is 19.7 Å². The van der Waals surface area contributed by atoms with Crippen molar-refractivity contribution in [3.05, 3.63) is 23.9 Å². The van der Waals surface area contributed by atoms with Crippen LogP contribution in [0, 0.1) is 5.41 Å². The molecular weight excluding hydrogens is 394 g/mol. The number of likely N-dealkylation sites (tertiary alicyclic amines) is 2. The molecule has 3 heterocycles. The Hall–Kier alpha value is -2.25. The number of hydrogen-bond donors (Lipinski definition) is 1. The van der Waals surface area contributed by atoms with Gasteiger partial charge in [0.25, 0.3) is 0 Å². The summed E-state index contributed by atoms with van der Waals surface area (Å²) >= 11 is 0. The standard InChI is InChI=1S/C22H31N3O4.C2H6/c1-24-7-4-22(5-8-24)6-9-25(15-22)10-11-29-20-13-16-12-18(21(26)28-3)23-17(16)14-19(20)27-2;1-2/h12-14,23H,4-11,15H2,1-3H3;1-2H3. The van der Waals surface area contributed by atoms with Crippen molar-refractivity contribution >= 4 is 16.9 Å². The summed E-state index contributed by atoms with van der Waals surface area (Å²) in [7, 11) is 5.22. The number of aromatic amines is 1. The number of H-pyrrole nitrogens is 1. The maximum absolute atomic E-state index is 11.8. The number of carbonyl (C=O) groups is 1. The van der Waals surface area contributed by atoms with E-state index in [9.17, 15) is 4.79 Å². The smallest absolute Gasteiger partial charge is 0.354 e. The third kappa shape index (κ3) is 5.33. The molecule has 0 atom stereocenters. The van der Waals surface area contributed by atoms with Crippen LogP contribution in [0.5, 0.6) is 11.5 Å². The van der Waals surface area contributed by atoms with Crippen LogP contribution in [0.2, 0.25) is 0 Å². The van der Waals surface area contributed by atoms with Crippen molar-refractivity contribution in [3.63, 3.8) is 0 Å². The van der Waals surface area contributed by atoms with Gasteiger partial charge in [-0.05, 0) is 63.5 Å². The molecule has 31 heavy (non-hydrogen) atoms. The number of carbonyl (C=O) groups excluding carboxylic acids is 1. The third-order valence-electron chi connectivity index (χ3n) is 6.54. The van der Waals surface area contributed by atoms with Crippen molar-refractivity contribution < 1.29 is 19.0 Å². The normalized spacial score (nSPS) is 18.6. The highest BCUT2D eigenvalue weighted by Gasteiger charge is 2.39. The van der Waals surface area contributed by atoms with Gasteiger partial charge < -0.3 is 24.1 Å². The van der Waals surface area contributed by atoms with E-state index >= 15 is 0 Å². The molecule has 2 fully saturated rings. The fraction of sp³-hybridized carbons (Fsp3) is 0.625. The zero-order chi connectivity index (χ0) is 22.4. The second-order valence-corrected chi connectivity index (χ2v) is 8.44. The van der Waals surface area contributed by atoms with E-state index in [1.807, 2.05) is 26.0 Å². The molecule has 0 bridgehead atoms. The van der Waals surface area contributed by atoms with Crippen molar-refractivity contribution in [1.29, 1.82) is 0 Å². The largest absolute Gasteiger partial charge is 0.493 e. The molecule has 0 saturated carbocycles. The van der Waals surface area contributed by atoms with Gasteiger partial charge in [-0.2, -0.15) is 0 Å². The van der Waals surface area contributed by atoms with E-state index in [0.717, 1.165) is 24.0 Å². The summed E-state index contributed by atoms with van der Waals surface area (Å²) in [5, 5.41) is 0.896. The molecule has 7 nitrogen and oxygen atoms in total. The molecule has 0 amide bonds. The summed E-state index contributed by atoms with van der Waals surface area (Å²) in [5.41, 5.74) is 1.75. The Kier molecular flexibility index (Phi) is 7.84. The third-order valence-corrected chi connectivity index (χ3v) is 6.54. The lowest BCUT2D eigenvalue weighted by Gasteiger charge is -2.37. The Bertz CT molecular complexity index is 871.